The Bertz CT molecular complexity index is 927. The minimum absolute atomic E-state index is 0.588. The molecule has 0 saturated carbocycles. The van der Waals surface area contributed by atoms with E-state index in [1.54, 1.807) is 11.1 Å². The zero-order valence-electron chi connectivity index (χ0n) is 15.9. The molecule has 0 amide bonds. The average Bonchev–Trinajstić information content (AvgIpc) is 3.15. The molecule has 0 aromatic heterocycles. The van der Waals surface area contributed by atoms with Crippen LogP contribution in [0.15, 0.2) is 66.7 Å². The van der Waals surface area contributed by atoms with Crippen molar-refractivity contribution < 1.29 is 0 Å². The quantitative estimate of drug-likeness (QED) is 0.697. The number of nitrogens with one attached hydrogen (secondary N) is 1. The van der Waals surface area contributed by atoms with Crippen molar-refractivity contribution in [2.45, 2.75) is 37.6 Å². The number of aryl methyl sites for hydroxylation is 1. The highest BCUT2D eigenvalue weighted by Crippen LogP contribution is 2.36. The molecule has 2 nitrogen and oxygen atoms in total. The summed E-state index contributed by atoms with van der Waals surface area (Å²) in [5, 5.41) is 6.49. The molecular weight excluding hydrogens is 328 g/mol. The third kappa shape index (κ3) is 3.35. The van der Waals surface area contributed by atoms with Crippen molar-refractivity contribution in [3.63, 3.8) is 0 Å². The summed E-state index contributed by atoms with van der Waals surface area (Å²) in [7, 11) is 0. The smallest absolute Gasteiger partial charge is 0.0446 e. The molecule has 1 aliphatic carbocycles. The number of anilines is 1. The molecule has 1 saturated heterocycles. The van der Waals surface area contributed by atoms with Crippen molar-refractivity contribution in [2.75, 3.05) is 24.5 Å². The lowest BCUT2D eigenvalue weighted by Gasteiger charge is -2.36. The van der Waals surface area contributed by atoms with E-state index in [-0.39, 0.29) is 0 Å². The van der Waals surface area contributed by atoms with Crippen LogP contribution in [0.1, 0.15) is 36.3 Å². The third-order valence-corrected chi connectivity index (χ3v) is 6.48. The fraction of sp³-hybridized carbons (Fsp3) is 0.360. The van der Waals surface area contributed by atoms with Crippen LogP contribution in [-0.2, 0) is 6.42 Å². The molecule has 3 aromatic carbocycles. The molecule has 5 rings (SSSR count). The highest BCUT2D eigenvalue weighted by Gasteiger charge is 2.25. The number of rotatable bonds is 4. The first-order valence-electron chi connectivity index (χ1n) is 10.4. The second-order valence-electron chi connectivity index (χ2n) is 8.11. The van der Waals surface area contributed by atoms with Gasteiger partial charge in [0.15, 0.2) is 0 Å². The summed E-state index contributed by atoms with van der Waals surface area (Å²) in [4.78, 5) is 2.59. The highest BCUT2D eigenvalue weighted by atomic mass is 15.2. The van der Waals surface area contributed by atoms with Gasteiger partial charge in [-0.05, 0) is 54.2 Å². The molecule has 2 unspecified atom stereocenters. The van der Waals surface area contributed by atoms with E-state index in [9.17, 15) is 0 Å². The van der Waals surface area contributed by atoms with Crippen LogP contribution < -0.4 is 10.2 Å². The Morgan fingerprint density at radius 3 is 2.74 bits per heavy atom. The topological polar surface area (TPSA) is 15.3 Å². The molecule has 0 radical (unpaired) electrons. The summed E-state index contributed by atoms with van der Waals surface area (Å²) in [5.74, 6) is 0.760. The van der Waals surface area contributed by atoms with Crippen LogP contribution in [0.2, 0.25) is 0 Å². The van der Waals surface area contributed by atoms with Gasteiger partial charge in [0.2, 0.25) is 0 Å². The van der Waals surface area contributed by atoms with Gasteiger partial charge in [-0.3, -0.25) is 0 Å². The first-order valence-corrected chi connectivity index (χ1v) is 10.4. The van der Waals surface area contributed by atoms with Crippen LogP contribution in [0.4, 0.5) is 5.69 Å². The molecule has 1 fully saturated rings. The van der Waals surface area contributed by atoms with Crippen LogP contribution >= 0.6 is 0 Å². The van der Waals surface area contributed by atoms with E-state index in [0.29, 0.717) is 6.04 Å². The zero-order valence-corrected chi connectivity index (χ0v) is 15.9. The molecule has 1 heterocycles. The molecule has 2 atom stereocenters. The maximum absolute atomic E-state index is 3.77. The van der Waals surface area contributed by atoms with Gasteiger partial charge in [-0.2, -0.15) is 0 Å². The fourth-order valence-corrected chi connectivity index (χ4v) is 5.07. The van der Waals surface area contributed by atoms with Crippen molar-refractivity contribution in [1.29, 1.82) is 0 Å². The third-order valence-electron chi connectivity index (χ3n) is 6.48. The fourth-order valence-electron chi connectivity index (χ4n) is 5.07. The molecule has 2 aliphatic rings. The Hall–Kier alpha value is -2.32. The van der Waals surface area contributed by atoms with Gasteiger partial charge in [0.05, 0.1) is 0 Å². The first-order chi connectivity index (χ1) is 13.4. The predicted molar refractivity (Wildman–Crippen MR) is 115 cm³/mol. The summed E-state index contributed by atoms with van der Waals surface area (Å²) >= 11 is 0. The summed E-state index contributed by atoms with van der Waals surface area (Å²) in [6.45, 7) is 3.29. The number of fused-ring (bicyclic) bond motifs is 2. The first kappa shape index (κ1) is 16.8. The normalized spacial score (nSPS) is 22.1. The molecule has 27 heavy (non-hydrogen) atoms. The van der Waals surface area contributed by atoms with Crippen molar-refractivity contribution in [3.05, 3.63) is 77.9 Å². The van der Waals surface area contributed by atoms with Crippen LogP contribution in [0.5, 0.6) is 0 Å². The number of hydrogen-bond acceptors (Lipinski definition) is 2. The van der Waals surface area contributed by atoms with Gasteiger partial charge in [0.25, 0.3) is 0 Å². The summed E-state index contributed by atoms with van der Waals surface area (Å²) < 4.78 is 0. The Balaban J connectivity index is 1.28. The average molecular weight is 357 g/mol. The molecular formula is C25H28N2. The molecule has 1 N–H and O–H groups in total. The zero-order chi connectivity index (χ0) is 18.1. The maximum Gasteiger partial charge on any atom is 0.0446 e. The van der Waals surface area contributed by atoms with Crippen LogP contribution in [0.25, 0.3) is 10.8 Å². The second-order valence-corrected chi connectivity index (χ2v) is 8.11. The number of nitrogens with zero attached hydrogens (tertiary/aromatic N) is 1. The van der Waals surface area contributed by atoms with E-state index in [1.165, 1.54) is 42.1 Å². The minimum atomic E-state index is 0.588. The lowest BCUT2D eigenvalue weighted by molar-refractivity contribution is 0.408. The van der Waals surface area contributed by atoms with Crippen molar-refractivity contribution >= 4 is 16.5 Å². The van der Waals surface area contributed by atoms with Crippen LogP contribution in [-0.4, -0.2) is 25.7 Å². The van der Waals surface area contributed by atoms with Gasteiger partial charge >= 0.3 is 0 Å². The van der Waals surface area contributed by atoms with E-state index in [1.807, 2.05) is 0 Å². The molecule has 138 valence electrons. The lowest BCUT2D eigenvalue weighted by Crippen LogP contribution is -2.50. The van der Waals surface area contributed by atoms with E-state index < -0.39 is 0 Å². The number of piperazine rings is 1. The second kappa shape index (κ2) is 7.36. The van der Waals surface area contributed by atoms with Gasteiger partial charge in [0.1, 0.15) is 0 Å². The summed E-state index contributed by atoms with van der Waals surface area (Å²) in [6.07, 6.45) is 5.17. The van der Waals surface area contributed by atoms with E-state index in [4.69, 9.17) is 0 Å². The van der Waals surface area contributed by atoms with E-state index in [2.05, 4.69) is 76.9 Å². The Morgan fingerprint density at radius 2 is 1.74 bits per heavy atom. The molecule has 2 heteroatoms. The molecule has 3 aromatic rings. The van der Waals surface area contributed by atoms with E-state index >= 15 is 0 Å². The van der Waals surface area contributed by atoms with Gasteiger partial charge in [-0.25, -0.2) is 0 Å². The van der Waals surface area contributed by atoms with Gasteiger partial charge < -0.3 is 10.2 Å². The minimum Gasteiger partial charge on any atom is -0.368 e. The van der Waals surface area contributed by atoms with Crippen LogP contribution in [0.3, 0.4) is 0 Å². The molecule has 0 bridgehead atoms. The standard InChI is InChI=1S/C25H28N2/c1-3-9-23-20(7-1)12-13-21(23)14-15-22-18-27(17-16-26-22)25-11-5-8-19-6-2-4-10-24(19)25/h1-11,21-22,26H,12-18H2. The largest absolute Gasteiger partial charge is 0.368 e. The molecule has 0 spiro atoms. The summed E-state index contributed by atoms with van der Waals surface area (Å²) in [5.41, 5.74) is 4.58. The SMILES string of the molecule is c1ccc2c(c1)CCC2CCC1CN(c2cccc3ccccc23)CCN1. The maximum atomic E-state index is 3.77. The molecule has 1 aliphatic heterocycles. The van der Waals surface area contributed by atoms with Crippen molar-refractivity contribution in [3.8, 4) is 0 Å². The van der Waals surface area contributed by atoms with Crippen molar-refractivity contribution in [1.82, 2.24) is 5.32 Å². The lowest BCUT2D eigenvalue weighted by atomic mass is 9.93. The highest BCUT2D eigenvalue weighted by molar-refractivity contribution is 5.94. The van der Waals surface area contributed by atoms with E-state index in [0.717, 1.165) is 25.6 Å². The van der Waals surface area contributed by atoms with Gasteiger partial charge in [-0.1, -0.05) is 60.7 Å². The Kier molecular flexibility index (Phi) is 4.59. The van der Waals surface area contributed by atoms with Crippen molar-refractivity contribution in [2.24, 2.45) is 0 Å². The van der Waals surface area contributed by atoms with Gasteiger partial charge in [-0.15, -0.1) is 0 Å². The predicted octanol–water partition coefficient (Wildman–Crippen LogP) is 5.13. The van der Waals surface area contributed by atoms with Crippen LogP contribution in [0, 0.1) is 0 Å². The Labute approximate surface area is 162 Å². The Morgan fingerprint density at radius 1 is 0.889 bits per heavy atom. The summed E-state index contributed by atoms with van der Waals surface area (Å²) in [6, 6.07) is 25.1. The number of hydrogen-bond donors (Lipinski definition) is 1. The van der Waals surface area contributed by atoms with Gasteiger partial charge in [0, 0.05) is 36.7 Å². The number of benzene rings is 3. The monoisotopic (exact) mass is 356 g/mol.